The first kappa shape index (κ1) is 25.6. The van der Waals surface area contributed by atoms with E-state index in [0.717, 1.165) is 5.75 Å². The lowest BCUT2D eigenvalue weighted by molar-refractivity contribution is -0.122. The van der Waals surface area contributed by atoms with Gasteiger partial charge in [-0.05, 0) is 74.0 Å². The highest BCUT2D eigenvalue weighted by molar-refractivity contribution is 7.92. The highest BCUT2D eigenvalue weighted by Crippen LogP contribution is 2.19. The van der Waals surface area contributed by atoms with Gasteiger partial charge in [-0.25, -0.2) is 8.42 Å². The van der Waals surface area contributed by atoms with Gasteiger partial charge in [0.15, 0.2) is 0 Å². The van der Waals surface area contributed by atoms with Gasteiger partial charge in [0, 0.05) is 17.7 Å². The SMILES string of the molecule is CCOc1ccc(S(=O)(=O)Nc2ccc(C(=O)NNC(=O)CCCOc3ccccc3)cc2)cc1. The summed E-state index contributed by atoms with van der Waals surface area (Å²) in [5.74, 6) is 0.426. The number of hydrazine groups is 1. The molecule has 0 unspecified atom stereocenters. The number of hydrogen-bond acceptors (Lipinski definition) is 6. The molecule has 3 aromatic rings. The summed E-state index contributed by atoms with van der Waals surface area (Å²) < 4.78 is 38.4. The Kier molecular flexibility index (Phi) is 9.08. The van der Waals surface area contributed by atoms with Crippen LogP contribution < -0.4 is 25.0 Å². The molecule has 0 aliphatic heterocycles. The summed E-state index contributed by atoms with van der Waals surface area (Å²) in [6.45, 7) is 2.70. The molecule has 3 aromatic carbocycles. The molecule has 2 amide bonds. The van der Waals surface area contributed by atoms with Crippen LogP contribution in [0, 0.1) is 0 Å². The van der Waals surface area contributed by atoms with Crippen LogP contribution in [0.2, 0.25) is 0 Å². The van der Waals surface area contributed by atoms with Gasteiger partial charge in [-0.2, -0.15) is 0 Å². The van der Waals surface area contributed by atoms with E-state index in [-0.39, 0.29) is 28.5 Å². The predicted molar refractivity (Wildman–Crippen MR) is 132 cm³/mol. The van der Waals surface area contributed by atoms with E-state index in [2.05, 4.69) is 15.6 Å². The Morgan fingerprint density at radius 1 is 0.800 bits per heavy atom. The van der Waals surface area contributed by atoms with Gasteiger partial charge in [0.05, 0.1) is 18.1 Å². The molecule has 0 fully saturated rings. The third-order valence-corrected chi connectivity index (χ3v) is 6.12. The molecule has 3 rings (SSSR count). The lowest BCUT2D eigenvalue weighted by atomic mass is 10.2. The molecule has 0 heterocycles. The number of hydrogen-bond donors (Lipinski definition) is 3. The van der Waals surface area contributed by atoms with E-state index in [4.69, 9.17) is 9.47 Å². The summed E-state index contributed by atoms with van der Waals surface area (Å²) in [5.41, 5.74) is 5.23. The number of amides is 2. The van der Waals surface area contributed by atoms with Gasteiger partial charge in [0.25, 0.3) is 15.9 Å². The fourth-order valence-corrected chi connectivity index (χ4v) is 4.04. The highest BCUT2D eigenvalue weighted by atomic mass is 32.2. The van der Waals surface area contributed by atoms with E-state index >= 15 is 0 Å². The van der Waals surface area contributed by atoms with E-state index in [1.807, 2.05) is 37.3 Å². The molecule has 0 aromatic heterocycles. The molecule has 0 radical (unpaired) electrons. The van der Waals surface area contributed by atoms with Gasteiger partial charge in [0.2, 0.25) is 5.91 Å². The van der Waals surface area contributed by atoms with Crippen LogP contribution in [0.3, 0.4) is 0 Å². The van der Waals surface area contributed by atoms with E-state index in [9.17, 15) is 18.0 Å². The largest absolute Gasteiger partial charge is 0.494 e. The average Bonchev–Trinajstić information content (AvgIpc) is 2.86. The minimum Gasteiger partial charge on any atom is -0.494 e. The summed E-state index contributed by atoms with van der Waals surface area (Å²) in [7, 11) is -3.80. The van der Waals surface area contributed by atoms with Crippen molar-refractivity contribution in [3.05, 3.63) is 84.4 Å². The van der Waals surface area contributed by atoms with Crippen LogP contribution >= 0.6 is 0 Å². The molecule has 35 heavy (non-hydrogen) atoms. The predicted octanol–water partition coefficient (Wildman–Crippen LogP) is 3.51. The molecular formula is C25H27N3O6S. The Balaban J connectivity index is 1.43. The standard InChI is InChI=1S/C25H27N3O6S/c1-2-33-22-14-16-23(17-15-22)35(31,32)28-20-12-10-19(11-13-20)25(30)27-26-24(29)9-6-18-34-21-7-4-3-5-8-21/h3-5,7-8,10-17,28H,2,6,9,18H2,1H3,(H,26,29)(H,27,30). The molecule has 3 N–H and O–H groups in total. The van der Waals surface area contributed by atoms with Crippen molar-refractivity contribution in [2.45, 2.75) is 24.7 Å². The second-order valence-corrected chi connectivity index (χ2v) is 9.04. The zero-order chi connectivity index (χ0) is 25.1. The Labute approximate surface area is 204 Å². The summed E-state index contributed by atoms with van der Waals surface area (Å²) >= 11 is 0. The maximum atomic E-state index is 12.6. The molecule has 10 heteroatoms. The monoisotopic (exact) mass is 497 g/mol. The topological polar surface area (TPSA) is 123 Å². The lowest BCUT2D eigenvalue weighted by Crippen LogP contribution is -2.41. The van der Waals surface area contributed by atoms with Crippen molar-refractivity contribution in [2.75, 3.05) is 17.9 Å². The first-order chi connectivity index (χ1) is 16.9. The van der Waals surface area contributed by atoms with Crippen LogP contribution in [-0.4, -0.2) is 33.4 Å². The minimum absolute atomic E-state index is 0.0830. The average molecular weight is 498 g/mol. The van der Waals surface area contributed by atoms with Gasteiger partial charge in [0.1, 0.15) is 11.5 Å². The van der Waals surface area contributed by atoms with Crippen molar-refractivity contribution in [1.29, 1.82) is 0 Å². The number of carbonyl (C=O) groups excluding carboxylic acids is 2. The van der Waals surface area contributed by atoms with Crippen LogP contribution in [0.15, 0.2) is 83.8 Å². The molecular weight excluding hydrogens is 470 g/mol. The Morgan fingerprint density at radius 2 is 1.46 bits per heavy atom. The number of benzene rings is 3. The van der Waals surface area contributed by atoms with Crippen LogP contribution in [0.5, 0.6) is 11.5 Å². The normalized spacial score (nSPS) is 10.8. The maximum absolute atomic E-state index is 12.6. The van der Waals surface area contributed by atoms with Crippen molar-refractivity contribution >= 4 is 27.5 Å². The quantitative estimate of drug-likeness (QED) is 0.275. The maximum Gasteiger partial charge on any atom is 0.269 e. The van der Waals surface area contributed by atoms with E-state index in [0.29, 0.717) is 25.4 Å². The zero-order valence-corrected chi connectivity index (χ0v) is 20.0. The Hall–Kier alpha value is -4.05. The molecule has 0 atom stereocenters. The van der Waals surface area contributed by atoms with E-state index < -0.39 is 15.9 Å². The third-order valence-electron chi connectivity index (χ3n) is 4.72. The van der Waals surface area contributed by atoms with Gasteiger partial charge in [-0.3, -0.25) is 25.2 Å². The zero-order valence-electron chi connectivity index (χ0n) is 19.2. The van der Waals surface area contributed by atoms with Crippen molar-refractivity contribution in [3.8, 4) is 11.5 Å². The molecule has 0 aliphatic rings. The van der Waals surface area contributed by atoms with Crippen molar-refractivity contribution < 1.29 is 27.5 Å². The molecule has 0 bridgehead atoms. The van der Waals surface area contributed by atoms with Gasteiger partial charge >= 0.3 is 0 Å². The summed E-state index contributed by atoms with van der Waals surface area (Å²) in [6, 6.07) is 21.2. The number of ether oxygens (including phenoxy) is 2. The first-order valence-corrected chi connectivity index (χ1v) is 12.5. The fraction of sp³-hybridized carbons (Fsp3) is 0.200. The molecule has 9 nitrogen and oxygen atoms in total. The van der Waals surface area contributed by atoms with Gasteiger partial charge in [-0.15, -0.1) is 0 Å². The summed E-state index contributed by atoms with van der Waals surface area (Å²) in [4.78, 5) is 24.3. The molecule has 184 valence electrons. The summed E-state index contributed by atoms with van der Waals surface area (Å²) in [6.07, 6.45) is 0.666. The number of anilines is 1. The van der Waals surface area contributed by atoms with Gasteiger partial charge < -0.3 is 9.47 Å². The number of nitrogens with one attached hydrogen (secondary N) is 3. The first-order valence-electron chi connectivity index (χ1n) is 11.0. The number of sulfonamides is 1. The second kappa shape index (κ2) is 12.4. The van der Waals surface area contributed by atoms with Crippen LogP contribution in [0.25, 0.3) is 0 Å². The summed E-state index contributed by atoms with van der Waals surface area (Å²) in [5, 5.41) is 0. The second-order valence-electron chi connectivity index (χ2n) is 7.35. The Bertz CT molecular complexity index is 1210. The van der Waals surface area contributed by atoms with Gasteiger partial charge in [-0.1, -0.05) is 18.2 Å². The molecule has 0 saturated heterocycles. The minimum atomic E-state index is -3.80. The lowest BCUT2D eigenvalue weighted by Gasteiger charge is -2.11. The van der Waals surface area contributed by atoms with Crippen molar-refractivity contribution in [2.24, 2.45) is 0 Å². The van der Waals surface area contributed by atoms with Crippen molar-refractivity contribution in [3.63, 3.8) is 0 Å². The Morgan fingerprint density at radius 3 is 2.11 bits per heavy atom. The highest BCUT2D eigenvalue weighted by Gasteiger charge is 2.15. The molecule has 0 saturated carbocycles. The van der Waals surface area contributed by atoms with E-state index in [1.165, 1.54) is 36.4 Å². The molecule has 0 aliphatic carbocycles. The van der Waals surface area contributed by atoms with Crippen LogP contribution in [0.1, 0.15) is 30.1 Å². The third kappa shape index (κ3) is 8.04. The number of para-hydroxylation sites is 1. The van der Waals surface area contributed by atoms with Crippen LogP contribution in [0.4, 0.5) is 5.69 Å². The smallest absolute Gasteiger partial charge is 0.269 e. The fourth-order valence-electron chi connectivity index (χ4n) is 2.99. The molecule has 0 spiro atoms. The number of carbonyl (C=O) groups is 2. The van der Waals surface area contributed by atoms with Crippen molar-refractivity contribution in [1.82, 2.24) is 10.9 Å². The van der Waals surface area contributed by atoms with E-state index in [1.54, 1.807) is 12.1 Å². The number of rotatable bonds is 11. The van der Waals surface area contributed by atoms with Crippen LogP contribution in [-0.2, 0) is 14.8 Å².